The van der Waals surface area contributed by atoms with Gasteiger partial charge in [0.05, 0.1) is 27.4 Å². The van der Waals surface area contributed by atoms with Crippen LogP contribution in [0.5, 0.6) is 0 Å². The van der Waals surface area contributed by atoms with Crippen LogP contribution in [0.3, 0.4) is 0 Å². The summed E-state index contributed by atoms with van der Waals surface area (Å²) in [5.41, 5.74) is 4.42. The third-order valence-electron chi connectivity index (χ3n) is 5.18. The molecule has 0 radical (unpaired) electrons. The molecule has 0 unspecified atom stereocenters. The number of para-hydroxylation sites is 2. The van der Waals surface area contributed by atoms with Gasteiger partial charge in [-0.2, -0.15) is 5.26 Å². The molecule has 3 heterocycles. The van der Waals surface area contributed by atoms with Crippen molar-refractivity contribution < 1.29 is 9.53 Å². The summed E-state index contributed by atoms with van der Waals surface area (Å²) in [7, 11) is 0. The Bertz CT molecular complexity index is 1500. The van der Waals surface area contributed by atoms with Crippen molar-refractivity contribution >= 4 is 34.5 Å². The second-order valence-corrected chi connectivity index (χ2v) is 6.83. The summed E-state index contributed by atoms with van der Waals surface area (Å²) >= 11 is 0. The zero-order valence-electron chi connectivity index (χ0n) is 15.4. The summed E-state index contributed by atoms with van der Waals surface area (Å²) in [4.78, 5) is 29.3. The minimum absolute atomic E-state index is 0.237. The first kappa shape index (κ1) is 17.0. The van der Waals surface area contributed by atoms with E-state index in [9.17, 15) is 14.9 Å². The van der Waals surface area contributed by atoms with Crippen LogP contribution in [0, 0.1) is 18.3 Å². The van der Waals surface area contributed by atoms with Gasteiger partial charge in [0.15, 0.2) is 5.65 Å². The summed E-state index contributed by atoms with van der Waals surface area (Å²) < 4.78 is 6.49. The van der Waals surface area contributed by atoms with E-state index >= 15 is 0 Å². The lowest BCUT2D eigenvalue weighted by atomic mass is 10.1. The number of anilines is 1. The number of nitriles is 1. The van der Waals surface area contributed by atoms with Crippen LogP contribution >= 0.6 is 0 Å². The molecule has 4 aromatic rings. The number of hydrogen-bond donors (Lipinski definition) is 1. The molecular formula is C22H14N4O3. The minimum Gasteiger partial charge on any atom is -0.457 e. The molecule has 29 heavy (non-hydrogen) atoms. The fraction of sp³-hybridized carbons (Fsp3) is 0.0909. The minimum atomic E-state index is -0.329. The lowest BCUT2D eigenvalue weighted by Crippen LogP contribution is -2.34. The Kier molecular flexibility index (Phi) is 3.61. The van der Waals surface area contributed by atoms with Crippen molar-refractivity contribution in [3.8, 4) is 6.07 Å². The molecule has 7 nitrogen and oxygen atoms in total. The summed E-state index contributed by atoms with van der Waals surface area (Å²) in [6.45, 7) is 1.98. The molecule has 2 aromatic heterocycles. The SMILES string of the molecule is Cc1c(C#N)c2nc3ccccc3n2c(=O)c1=CNc1ccc2c(c1)COC2=O. The zero-order chi connectivity index (χ0) is 20.1. The highest BCUT2D eigenvalue weighted by molar-refractivity contribution is 5.94. The number of nitrogens with zero attached hydrogens (tertiary/aromatic N) is 3. The van der Waals surface area contributed by atoms with Gasteiger partial charge < -0.3 is 10.1 Å². The summed E-state index contributed by atoms with van der Waals surface area (Å²) in [6.07, 6.45) is 1.59. The Hall–Kier alpha value is -4.18. The number of esters is 1. The van der Waals surface area contributed by atoms with E-state index in [1.807, 2.05) is 30.3 Å². The van der Waals surface area contributed by atoms with Crippen molar-refractivity contribution in [1.82, 2.24) is 9.38 Å². The fourth-order valence-corrected chi connectivity index (χ4v) is 3.66. The van der Waals surface area contributed by atoms with Crippen LogP contribution in [0.4, 0.5) is 5.69 Å². The Balaban J connectivity index is 1.71. The van der Waals surface area contributed by atoms with Crippen LogP contribution in [0.25, 0.3) is 22.9 Å². The van der Waals surface area contributed by atoms with E-state index < -0.39 is 0 Å². The molecule has 1 N–H and O–H groups in total. The molecule has 0 saturated carbocycles. The van der Waals surface area contributed by atoms with E-state index in [1.54, 1.807) is 25.3 Å². The number of ether oxygens (including phenoxy) is 1. The van der Waals surface area contributed by atoms with Crippen LogP contribution in [-0.2, 0) is 11.3 Å². The number of carbonyl (C=O) groups is 1. The van der Waals surface area contributed by atoms with Crippen LogP contribution in [-0.4, -0.2) is 15.4 Å². The van der Waals surface area contributed by atoms with Gasteiger partial charge in [-0.05, 0) is 42.8 Å². The van der Waals surface area contributed by atoms with Gasteiger partial charge in [-0.15, -0.1) is 0 Å². The number of cyclic esters (lactones) is 1. The number of aromatic nitrogens is 2. The van der Waals surface area contributed by atoms with Crippen LogP contribution in [0.2, 0.25) is 0 Å². The second-order valence-electron chi connectivity index (χ2n) is 6.83. The van der Waals surface area contributed by atoms with Gasteiger partial charge in [0.2, 0.25) is 0 Å². The smallest absolute Gasteiger partial charge is 0.338 e. The third kappa shape index (κ3) is 2.47. The maximum Gasteiger partial charge on any atom is 0.338 e. The number of pyridine rings is 1. The Labute approximate surface area is 164 Å². The molecular weight excluding hydrogens is 368 g/mol. The standard InChI is InChI=1S/C22H14N4O3/c1-12-16(9-23)20-25-18-4-2-3-5-19(18)26(20)21(27)17(12)10-24-14-6-7-15-13(8-14)11-29-22(15)28/h2-8,10,24H,11H2,1H3. The van der Waals surface area contributed by atoms with Gasteiger partial charge >= 0.3 is 5.97 Å². The quantitative estimate of drug-likeness (QED) is 0.534. The molecule has 0 spiro atoms. The lowest BCUT2D eigenvalue weighted by molar-refractivity contribution is 0.0535. The topological polar surface area (TPSA) is 96.5 Å². The maximum atomic E-state index is 13.2. The average molecular weight is 382 g/mol. The van der Waals surface area contributed by atoms with Gasteiger partial charge in [0.1, 0.15) is 12.7 Å². The molecule has 2 aromatic carbocycles. The number of imidazole rings is 1. The molecule has 1 aliphatic heterocycles. The molecule has 0 atom stereocenters. The van der Waals surface area contributed by atoms with Crippen molar-refractivity contribution in [3.05, 3.63) is 80.3 Å². The number of rotatable bonds is 2. The van der Waals surface area contributed by atoms with E-state index in [4.69, 9.17) is 4.74 Å². The molecule has 0 bridgehead atoms. The van der Waals surface area contributed by atoms with Gasteiger partial charge in [-0.3, -0.25) is 9.20 Å². The predicted octanol–water partition coefficient (Wildman–Crippen LogP) is 2.27. The Morgan fingerprint density at radius 1 is 1.24 bits per heavy atom. The number of hydrogen-bond acceptors (Lipinski definition) is 6. The van der Waals surface area contributed by atoms with Gasteiger partial charge in [-0.25, -0.2) is 9.78 Å². The normalized spacial score (nSPS) is 13.5. The Morgan fingerprint density at radius 2 is 2.07 bits per heavy atom. The van der Waals surface area contributed by atoms with Crippen molar-refractivity contribution in [2.75, 3.05) is 5.32 Å². The molecule has 0 saturated heterocycles. The number of benzene rings is 2. The fourth-order valence-electron chi connectivity index (χ4n) is 3.66. The molecule has 5 rings (SSSR count). The van der Waals surface area contributed by atoms with Crippen LogP contribution in [0.15, 0.2) is 47.3 Å². The van der Waals surface area contributed by atoms with Gasteiger partial charge in [0, 0.05) is 17.5 Å². The maximum absolute atomic E-state index is 13.2. The highest BCUT2D eigenvalue weighted by Gasteiger charge is 2.21. The predicted molar refractivity (Wildman–Crippen MR) is 107 cm³/mol. The number of carbonyl (C=O) groups excluding carboxylic acids is 1. The first-order valence-electron chi connectivity index (χ1n) is 8.99. The first-order chi connectivity index (χ1) is 14.1. The van der Waals surface area contributed by atoms with Crippen LogP contribution < -0.4 is 16.1 Å². The number of nitrogens with one attached hydrogen (secondary N) is 1. The molecule has 0 aliphatic carbocycles. The highest BCUT2D eigenvalue weighted by Crippen LogP contribution is 2.23. The van der Waals surface area contributed by atoms with Gasteiger partial charge in [-0.1, -0.05) is 12.1 Å². The summed E-state index contributed by atoms with van der Waals surface area (Å²) in [6, 6.07) is 14.7. The molecule has 0 fully saturated rings. The molecule has 7 heteroatoms. The molecule has 0 amide bonds. The summed E-state index contributed by atoms with van der Waals surface area (Å²) in [5, 5.41) is 13.2. The van der Waals surface area contributed by atoms with E-state index in [0.29, 0.717) is 38.6 Å². The molecule has 140 valence electrons. The van der Waals surface area contributed by atoms with Crippen molar-refractivity contribution in [2.24, 2.45) is 0 Å². The van der Waals surface area contributed by atoms with Crippen molar-refractivity contribution in [3.63, 3.8) is 0 Å². The second kappa shape index (κ2) is 6.17. The van der Waals surface area contributed by atoms with E-state index in [0.717, 1.165) is 11.3 Å². The third-order valence-corrected chi connectivity index (χ3v) is 5.18. The van der Waals surface area contributed by atoms with E-state index in [-0.39, 0.29) is 18.1 Å². The number of fused-ring (bicyclic) bond motifs is 4. The van der Waals surface area contributed by atoms with Crippen molar-refractivity contribution in [2.45, 2.75) is 13.5 Å². The molecule has 1 aliphatic rings. The Morgan fingerprint density at radius 3 is 2.90 bits per heavy atom. The highest BCUT2D eigenvalue weighted by atomic mass is 16.5. The van der Waals surface area contributed by atoms with E-state index in [2.05, 4.69) is 16.4 Å². The largest absolute Gasteiger partial charge is 0.457 e. The average Bonchev–Trinajstić information content (AvgIpc) is 3.29. The van der Waals surface area contributed by atoms with Crippen molar-refractivity contribution in [1.29, 1.82) is 5.26 Å². The van der Waals surface area contributed by atoms with Gasteiger partial charge in [0.25, 0.3) is 5.56 Å². The monoisotopic (exact) mass is 382 g/mol. The zero-order valence-corrected chi connectivity index (χ0v) is 15.4. The van der Waals surface area contributed by atoms with Crippen LogP contribution in [0.1, 0.15) is 27.0 Å². The van der Waals surface area contributed by atoms with E-state index in [1.165, 1.54) is 4.40 Å². The summed E-state index contributed by atoms with van der Waals surface area (Å²) in [5.74, 6) is -0.329. The lowest BCUT2D eigenvalue weighted by Gasteiger charge is -2.05. The first-order valence-corrected chi connectivity index (χ1v) is 8.99.